The van der Waals surface area contributed by atoms with E-state index in [0.29, 0.717) is 11.3 Å². The lowest BCUT2D eigenvalue weighted by Gasteiger charge is -2.42. The first-order valence-electron chi connectivity index (χ1n) is 11.9. The van der Waals surface area contributed by atoms with E-state index < -0.39 is 17.3 Å². The van der Waals surface area contributed by atoms with Crippen LogP contribution in [0.25, 0.3) is 0 Å². The van der Waals surface area contributed by atoms with E-state index in [4.69, 9.17) is 4.74 Å². The fourth-order valence-corrected chi connectivity index (χ4v) is 5.00. The van der Waals surface area contributed by atoms with Crippen LogP contribution in [0.1, 0.15) is 54.7 Å². The highest BCUT2D eigenvalue weighted by molar-refractivity contribution is 5.85. The number of hydrogen-bond donors (Lipinski definition) is 2. The third-order valence-electron chi connectivity index (χ3n) is 6.99. The second-order valence-electron chi connectivity index (χ2n) is 9.32. The van der Waals surface area contributed by atoms with Gasteiger partial charge in [-0.25, -0.2) is 0 Å². The maximum Gasteiger partial charge on any atom is 0.416 e. The Hall–Kier alpha value is -1.51. The SMILES string of the molecule is Cl.Cl.OC1(C(CN2CCNCC2)c2ccc(OCc3ccc(C(F)(F)F)cc3)cc2)CCCCC1. The van der Waals surface area contributed by atoms with Gasteiger partial charge in [-0.1, -0.05) is 43.5 Å². The van der Waals surface area contributed by atoms with Crippen LogP contribution in [0.4, 0.5) is 13.2 Å². The third kappa shape index (κ3) is 7.99. The molecule has 4 rings (SSSR count). The van der Waals surface area contributed by atoms with Crippen LogP contribution in [0.15, 0.2) is 48.5 Å². The number of nitrogens with one attached hydrogen (secondary N) is 1. The normalized spacial score (nSPS) is 19.2. The van der Waals surface area contributed by atoms with Crippen LogP contribution < -0.4 is 10.1 Å². The molecule has 9 heteroatoms. The first kappa shape index (κ1) is 29.7. The van der Waals surface area contributed by atoms with Crippen LogP contribution in [-0.2, 0) is 12.8 Å². The summed E-state index contributed by atoms with van der Waals surface area (Å²) in [6, 6.07) is 12.9. The maximum absolute atomic E-state index is 12.7. The van der Waals surface area contributed by atoms with Crippen molar-refractivity contribution in [3.05, 3.63) is 65.2 Å². The average molecular weight is 535 g/mol. The molecule has 0 amide bonds. The van der Waals surface area contributed by atoms with E-state index in [9.17, 15) is 18.3 Å². The van der Waals surface area contributed by atoms with Gasteiger partial charge in [-0.15, -0.1) is 24.8 Å². The Morgan fingerprint density at radius 3 is 2.09 bits per heavy atom. The van der Waals surface area contributed by atoms with Crippen LogP contribution in [0, 0.1) is 0 Å². The van der Waals surface area contributed by atoms with Crippen LogP contribution >= 0.6 is 24.8 Å². The van der Waals surface area contributed by atoms with Gasteiger partial charge in [-0.3, -0.25) is 0 Å². The summed E-state index contributed by atoms with van der Waals surface area (Å²) in [5.74, 6) is 0.704. The Morgan fingerprint density at radius 2 is 1.51 bits per heavy atom. The number of nitrogens with zero attached hydrogens (tertiary/aromatic N) is 1. The highest BCUT2D eigenvalue weighted by Gasteiger charge is 2.39. The minimum Gasteiger partial charge on any atom is -0.489 e. The van der Waals surface area contributed by atoms with Gasteiger partial charge in [0.1, 0.15) is 12.4 Å². The monoisotopic (exact) mass is 534 g/mol. The molecule has 0 aromatic heterocycles. The van der Waals surface area contributed by atoms with Gasteiger partial charge < -0.3 is 20.1 Å². The number of hydrogen-bond acceptors (Lipinski definition) is 4. The van der Waals surface area contributed by atoms with Gasteiger partial charge >= 0.3 is 6.18 Å². The van der Waals surface area contributed by atoms with Crippen LogP contribution in [0.3, 0.4) is 0 Å². The zero-order valence-electron chi connectivity index (χ0n) is 19.7. The molecule has 0 radical (unpaired) electrons. The molecule has 0 bridgehead atoms. The van der Waals surface area contributed by atoms with Gasteiger partial charge in [0.25, 0.3) is 0 Å². The van der Waals surface area contributed by atoms with Gasteiger partial charge in [0.05, 0.1) is 11.2 Å². The Kier molecular flexibility index (Phi) is 11.2. The van der Waals surface area contributed by atoms with Gasteiger partial charge in [0.15, 0.2) is 0 Å². The van der Waals surface area contributed by atoms with E-state index in [1.807, 2.05) is 24.3 Å². The molecule has 2 aliphatic rings. The number of halogens is 5. The fourth-order valence-electron chi connectivity index (χ4n) is 5.00. The standard InChI is InChI=1S/C26H33F3N2O2.2ClH/c27-26(28,29)22-8-4-20(5-9-22)19-33-23-10-6-21(7-11-23)24(18-31-16-14-30-15-17-31)25(32)12-2-1-3-13-25;;/h4-11,24,30,32H,1-3,12-19H2;2*1H. The van der Waals surface area contributed by atoms with Crippen molar-refractivity contribution in [1.82, 2.24) is 10.2 Å². The summed E-state index contributed by atoms with van der Waals surface area (Å²) in [6.07, 6.45) is 0.621. The van der Waals surface area contributed by atoms with Crippen molar-refractivity contribution in [2.45, 2.75) is 56.4 Å². The van der Waals surface area contributed by atoms with E-state index in [0.717, 1.165) is 76.1 Å². The molecule has 2 aromatic carbocycles. The Labute approximate surface area is 218 Å². The van der Waals surface area contributed by atoms with Crippen molar-refractivity contribution in [3.63, 3.8) is 0 Å². The minimum absolute atomic E-state index is 0. The predicted octanol–water partition coefficient (Wildman–Crippen LogP) is 5.81. The second kappa shape index (κ2) is 13.2. The molecule has 1 aliphatic carbocycles. The van der Waals surface area contributed by atoms with E-state index in [-0.39, 0.29) is 37.3 Å². The molecule has 1 atom stereocenters. The first-order chi connectivity index (χ1) is 15.8. The number of alkyl halides is 3. The van der Waals surface area contributed by atoms with Crippen LogP contribution in [0.2, 0.25) is 0 Å². The molecule has 1 saturated carbocycles. The number of rotatable bonds is 7. The zero-order valence-corrected chi connectivity index (χ0v) is 21.4. The number of benzene rings is 2. The molecule has 2 N–H and O–H groups in total. The molecule has 2 aromatic rings. The summed E-state index contributed by atoms with van der Waals surface area (Å²) < 4.78 is 44.0. The summed E-state index contributed by atoms with van der Waals surface area (Å²) in [5, 5.41) is 14.9. The molecular weight excluding hydrogens is 500 g/mol. The third-order valence-corrected chi connectivity index (χ3v) is 6.99. The molecule has 35 heavy (non-hydrogen) atoms. The number of piperazine rings is 1. The quantitative estimate of drug-likeness (QED) is 0.470. The molecule has 1 saturated heterocycles. The molecule has 1 aliphatic heterocycles. The molecular formula is C26H35Cl2F3N2O2. The highest BCUT2D eigenvalue weighted by atomic mass is 35.5. The van der Waals surface area contributed by atoms with Gasteiger partial charge in [0.2, 0.25) is 0 Å². The van der Waals surface area contributed by atoms with E-state index in [1.54, 1.807) is 0 Å². The van der Waals surface area contributed by atoms with Crippen molar-refractivity contribution in [1.29, 1.82) is 0 Å². The molecule has 1 heterocycles. The molecule has 2 fully saturated rings. The van der Waals surface area contributed by atoms with Crippen molar-refractivity contribution < 1.29 is 23.0 Å². The molecule has 0 spiro atoms. The maximum atomic E-state index is 12.7. The lowest BCUT2D eigenvalue weighted by atomic mass is 9.72. The van der Waals surface area contributed by atoms with E-state index in [1.165, 1.54) is 18.6 Å². The summed E-state index contributed by atoms with van der Waals surface area (Å²) in [5.41, 5.74) is 0.443. The lowest BCUT2D eigenvalue weighted by molar-refractivity contribution is -0.137. The van der Waals surface area contributed by atoms with Crippen molar-refractivity contribution >= 4 is 24.8 Å². The largest absolute Gasteiger partial charge is 0.489 e. The summed E-state index contributed by atoms with van der Waals surface area (Å²) in [4.78, 5) is 2.43. The summed E-state index contributed by atoms with van der Waals surface area (Å²) >= 11 is 0. The Balaban J connectivity index is 0.00000216. The summed E-state index contributed by atoms with van der Waals surface area (Å²) in [6.45, 7) is 4.96. The summed E-state index contributed by atoms with van der Waals surface area (Å²) in [7, 11) is 0. The molecule has 4 nitrogen and oxygen atoms in total. The predicted molar refractivity (Wildman–Crippen MR) is 137 cm³/mol. The van der Waals surface area contributed by atoms with Crippen LogP contribution in [0.5, 0.6) is 5.75 Å². The minimum atomic E-state index is -4.33. The molecule has 196 valence electrons. The number of aliphatic hydroxyl groups is 1. The van der Waals surface area contributed by atoms with Gasteiger partial charge in [-0.2, -0.15) is 13.2 Å². The first-order valence-corrected chi connectivity index (χ1v) is 11.9. The smallest absolute Gasteiger partial charge is 0.416 e. The van der Waals surface area contributed by atoms with Crippen LogP contribution in [-0.4, -0.2) is 48.3 Å². The van der Waals surface area contributed by atoms with E-state index in [2.05, 4.69) is 10.2 Å². The highest BCUT2D eigenvalue weighted by Crippen LogP contribution is 2.41. The van der Waals surface area contributed by atoms with Gasteiger partial charge in [-0.05, 0) is 48.2 Å². The van der Waals surface area contributed by atoms with Crippen molar-refractivity contribution in [3.8, 4) is 5.75 Å². The molecule has 1 unspecified atom stereocenters. The Bertz CT molecular complexity index is 883. The number of ether oxygens (including phenoxy) is 1. The average Bonchev–Trinajstić information content (AvgIpc) is 2.82. The Morgan fingerprint density at radius 1 is 0.914 bits per heavy atom. The van der Waals surface area contributed by atoms with Gasteiger partial charge in [0, 0.05) is 38.6 Å². The fraction of sp³-hybridized carbons (Fsp3) is 0.538. The van der Waals surface area contributed by atoms with E-state index >= 15 is 0 Å². The lowest BCUT2D eigenvalue weighted by Crippen LogP contribution is -2.49. The van der Waals surface area contributed by atoms with Crippen molar-refractivity contribution in [2.75, 3.05) is 32.7 Å². The second-order valence-corrected chi connectivity index (χ2v) is 9.32. The topological polar surface area (TPSA) is 44.7 Å². The van der Waals surface area contributed by atoms with Crippen molar-refractivity contribution in [2.24, 2.45) is 0 Å². The zero-order chi connectivity index (χ0) is 23.3.